The number of carbonyl (C=O) groups is 1. The maximum atomic E-state index is 11.2. The summed E-state index contributed by atoms with van der Waals surface area (Å²) in [7, 11) is 5.33. The quantitative estimate of drug-likeness (QED) is 0.693. The number of ether oxygens (including phenoxy) is 1. The molecule has 0 aliphatic carbocycles. The lowest BCUT2D eigenvalue weighted by Crippen LogP contribution is -2.27. The largest absolute Gasteiger partial charge is 0.444 e. The first-order valence-electron chi connectivity index (χ1n) is 3.96. The standard InChI is InChI=1S/C7H10BN3O2S/c1-7(2,3)13-6(12)9-5-11-10-4(8)14-5/h1-3H3,(H,9,11,12). The number of aromatic nitrogens is 2. The lowest BCUT2D eigenvalue weighted by molar-refractivity contribution is 0.0636. The molecule has 1 amide bonds. The third-order valence-electron chi connectivity index (χ3n) is 1.05. The minimum atomic E-state index is -0.561. The Morgan fingerprint density at radius 3 is 2.57 bits per heavy atom. The second kappa shape index (κ2) is 3.95. The fourth-order valence-corrected chi connectivity index (χ4v) is 1.17. The number of rotatable bonds is 1. The van der Waals surface area contributed by atoms with Gasteiger partial charge >= 0.3 is 6.09 Å². The first-order chi connectivity index (χ1) is 6.37. The lowest BCUT2D eigenvalue weighted by Gasteiger charge is -2.18. The van der Waals surface area contributed by atoms with Gasteiger partial charge in [0.25, 0.3) is 0 Å². The predicted molar refractivity (Wildman–Crippen MR) is 55.2 cm³/mol. The van der Waals surface area contributed by atoms with Crippen molar-refractivity contribution in [2.45, 2.75) is 26.4 Å². The molecule has 1 aromatic heterocycles. The van der Waals surface area contributed by atoms with E-state index in [2.05, 4.69) is 15.5 Å². The van der Waals surface area contributed by atoms with Crippen molar-refractivity contribution in [2.75, 3.05) is 5.32 Å². The Morgan fingerprint density at radius 1 is 1.50 bits per heavy atom. The molecule has 14 heavy (non-hydrogen) atoms. The number of nitrogens with one attached hydrogen (secondary N) is 1. The molecule has 0 spiro atoms. The molecule has 0 aliphatic rings. The summed E-state index contributed by atoms with van der Waals surface area (Å²) in [5.41, 5.74) is -0.527. The number of hydrogen-bond acceptors (Lipinski definition) is 5. The smallest absolute Gasteiger partial charge is 0.414 e. The molecule has 7 heteroatoms. The number of nitrogens with zero attached hydrogens (tertiary/aromatic N) is 2. The molecule has 0 aliphatic heterocycles. The summed E-state index contributed by atoms with van der Waals surface area (Å²) in [6.07, 6.45) is -0.561. The summed E-state index contributed by atoms with van der Waals surface area (Å²) in [5, 5.41) is 9.91. The van der Waals surface area contributed by atoms with Gasteiger partial charge in [0, 0.05) is 0 Å². The van der Waals surface area contributed by atoms with E-state index in [-0.39, 0.29) is 0 Å². The molecule has 0 saturated heterocycles. The number of hydrogen-bond donors (Lipinski definition) is 1. The minimum Gasteiger partial charge on any atom is -0.444 e. The number of amides is 1. The van der Waals surface area contributed by atoms with Gasteiger partial charge < -0.3 is 4.74 Å². The Hall–Kier alpha value is -1.11. The first kappa shape index (κ1) is 11.0. The second-order valence-electron chi connectivity index (χ2n) is 3.57. The highest BCUT2D eigenvalue weighted by atomic mass is 32.1. The molecule has 2 radical (unpaired) electrons. The summed E-state index contributed by atoms with van der Waals surface area (Å²) < 4.78 is 5.00. The van der Waals surface area contributed by atoms with Crippen LogP contribution < -0.4 is 10.2 Å². The fraction of sp³-hybridized carbons (Fsp3) is 0.571. The third-order valence-corrected chi connectivity index (χ3v) is 1.72. The maximum absolute atomic E-state index is 11.2. The van der Waals surface area contributed by atoms with Crippen LogP contribution in [0, 0.1) is 0 Å². The summed E-state index contributed by atoms with van der Waals surface area (Å²) >= 11 is 1.09. The number of carbonyl (C=O) groups excluding carboxylic acids is 1. The van der Waals surface area contributed by atoms with Crippen LogP contribution in [-0.2, 0) is 4.74 Å². The SMILES string of the molecule is [B]c1nnc(NC(=O)OC(C)(C)C)s1. The molecule has 0 unspecified atom stereocenters. The van der Waals surface area contributed by atoms with Gasteiger partial charge in [-0.2, -0.15) is 5.10 Å². The third kappa shape index (κ3) is 3.74. The highest BCUT2D eigenvalue weighted by Gasteiger charge is 2.17. The van der Waals surface area contributed by atoms with Crippen molar-refractivity contribution in [1.29, 1.82) is 0 Å². The summed E-state index contributed by atoms with van der Waals surface area (Å²) in [4.78, 5) is 11.5. The van der Waals surface area contributed by atoms with E-state index in [4.69, 9.17) is 12.6 Å². The van der Waals surface area contributed by atoms with E-state index < -0.39 is 11.7 Å². The van der Waals surface area contributed by atoms with E-state index in [0.29, 0.717) is 10.0 Å². The Labute approximate surface area is 87.3 Å². The Morgan fingerprint density at radius 2 is 2.14 bits per heavy atom. The van der Waals surface area contributed by atoms with Gasteiger partial charge in [-0.1, -0.05) is 11.3 Å². The molecular formula is C7H10BN3O2S. The van der Waals surface area contributed by atoms with Crippen LogP contribution in [0.4, 0.5) is 9.93 Å². The van der Waals surface area contributed by atoms with Crippen LogP contribution in [0.25, 0.3) is 0 Å². The monoisotopic (exact) mass is 211 g/mol. The van der Waals surface area contributed by atoms with Crippen molar-refractivity contribution in [3.05, 3.63) is 0 Å². The van der Waals surface area contributed by atoms with Gasteiger partial charge in [0.05, 0.1) is 4.91 Å². The van der Waals surface area contributed by atoms with E-state index in [1.807, 2.05) is 0 Å². The average Bonchev–Trinajstić information content (AvgIpc) is 2.30. The highest BCUT2D eigenvalue weighted by molar-refractivity contribution is 7.22. The van der Waals surface area contributed by atoms with Crippen LogP contribution >= 0.6 is 11.3 Å². The van der Waals surface area contributed by atoms with Gasteiger partial charge in [-0.05, 0) is 20.8 Å². The minimum absolute atomic E-state index is 0.302. The van der Waals surface area contributed by atoms with E-state index in [0.717, 1.165) is 11.3 Å². The van der Waals surface area contributed by atoms with Crippen LogP contribution in [0.2, 0.25) is 0 Å². The van der Waals surface area contributed by atoms with Crippen molar-refractivity contribution in [3.63, 3.8) is 0 Å². The van der Waals surface area contributed by atoms with Crippen molar-refractivity contribution in [1.82, 2.24) is 10.2 Å². The zero-order valence-corrected chi connectivity index (χ0v) is 9.01. The summed E-state index contributed by atoms with van der Waals surface area (Å²) in [5.74, 6) is 0. The molecule has 0 aromatic carbocycles. The lowest BCUT2D eigenvalue weighted by atomic mass is 10.2. The first-order valence-corrected chi connectivity index (χ1v) is 4.77. The molecule has 1 aromatic rings. The molecule has 1 N–H and O–H groups in total. The van der Waals surface area contributed by atoms with Crippen LogP contribution in [-0.4, -0.2) is 29.7 Å². The second-order valence-corrected chi connectivity index (χ2v) is 4.58. The van der Waals surface area contributed by atoms with Crippen molar-refractivity contribution < 1.29 is 9.53 Å². The van der Waals surface area contributed by atoms with E-state index in [9.17, 15) is 4.79 Å². The molecule has 74 valence electrons. The predicted octanol–water partition coefficient (Wildman–Crippen LogP) is 0.679. The summed E-state index contributed by atoms with van der Waals surface area (Å²) in [6, 6.07) is 0. The van der Waals surface area contributed by atoms with Crippen molar-refractivity contribution >= 4 is 35.3 Å². The van der Waals surface area contributed by atoms with Crippen molar-refractivity contribution in [3.8, 4) is 0 Å². The molecule has 1 heterocycles. The van der Waals surface area contributed by atoms with Gasteiger partial charge in [-0.3, -0.25) is 5.32 Å². The normalized spacial score (nSPS) is 11.1. The molecular weight excluding hydrogens is 201 g/mol. The Balaban J connectivity index is 2.50. The van der Waals surface area contributed by atoms with Gasteiger partial charge in [-0.15, -0.1) is 5.10 Å². The van der Waals surface area contributed by atoms with Crippen LogP contribution in [0.15, 0.2) is 0 Å². The Bertz CT molecular complexity index is 334. The van der Waals surface area contributed by atoms with Crippen LogP contribution in [0.1, 0.15) is 20.8 Å². The molecule has 0 atom stereocenters. The number of anilines is 1. The molecule has 5 nitrogen and oxygen atoms in total. The molecule has 1 rings (SSSR count). The van der Waals surface area contributed by atoms with E-state index in [1.54, 1.807) is 20.8 Å². The van der Waals surface area contributed by atoms with Crippen LogP contribution in [0.5, 0.6) is 0 Å². The Kier molecular flexibility index (Phi) is 3.10. The summed E-state index contributed by atoms with van der Waals surface area (Å²) in [6.45, 7) is 5.34. The van der Waals surface area contributed by atoms with Gasteiger partial charge in [0.2, 0.25) is 5.13 Å². The molecule has 0 fully saturated rings. The van der Waals surface area contributed by atoms with E-state index in [1.165, 1.54) is 0 Å². The zero-order chi connectivity index (χ0) is 10.8. The van der Waals surface area contributed by atoms with Crippen molar-refractivity contribution in [2.24, 2.45) is 0 Å². The van der Waals surface area contributed by atoms with E-state index >= 15 is 0 Å². The highest BCUT2D eigenvalue weighted by Crippen LogP contribution is 2.11. The van der Waals surface area contributed by atoms with Gasteiger partial charge in [0.1, 0.15) is 5.60 Å². The maximum Gasteiger partial charge on any atom is 0.414 e. The average molecular weight is 211 g/mol. The fourth-order valence-electron chi connectivity index (χ4n) is 0.676. The van der Waals surface area contributed by atoms with Gasteiger partial charge in [0.15, 0.2) is 7.85 Å². The molecule has 0 saturated carbocycles. The van der Waals surface area contributed by atoms with Crippen LogP contribution in [0.3, 0.4) is 0 Å². The van der Waals surface area contributed by atoms with Gasteiger partial charge in [-0.25, -0.2) is 4.79 Å². The topological polar surface area (TPSA) is 64.1 Å². The molecule has 0 bridgehead atoms. The zero-order valence-electron chi connectivity index (χ0n) is 8.20.